The topological polar surface area (TPSA) is 69.6 Å². The number of aliphatic carboxylic acids is 1. The van der Waals surface area contributed by atoms with E-state index in [0.29, 0.717) is 5.69 Å². The summed E-state index contributed by atoms with van der Waals surface area (Å²) in [6.45, 7) is 5.82. The van der Waals surface area contributed by atoms with Crippen LogP contribution in [0.3, 0.4) is 0 Å². The summed E-state index contributed by atoms with van der Waals surface area (Å²) in [5, 5.41) is 11.6. The third-order valence-corrected chi connectivity index (χ3v) is 3.65. The first-order valence-corrected chi connectivity index (χ1v) is 7.91. The van der Waals surface area contributed by atoms with Gasteiger partial charge in [0.05, 0.1) is 6.42 Å². The number of nitrogens with one attached hydrogen (secondary N) is 1. The van der Waals surface area contributed by atoms with Gasteiger partial charge in [0.1, 0.15) is 0 Å². The highest BCUT2D eigenvalue weighted by Gasteiger charge is 2.26. The minimum absolute atomic E-state index is 0.0739. The quantitative estimate of drug-likeness (QED) is 0.816. The second-order valence-corrected chi connectivity index (χ2v) is 6.51. The van der Waals surface area contributed by atoms with Gasteiger partial charge >= 0.3 is 12.0 Å². The maximum absolute atomic E-state index is 12.4. The Morgan fingerprint density at radius 2 is 2.00 bits per heavy atom. The van der Waals surface area contributed by atoms with E-state index in [1.807, 2.05) is 51.3 Å². The molecule has 0 atom stereocenters. The van der Waals surface area contributed by atoms with Crippen molar-refractivity contribution in [3.63, 3.8) is 0 Å². The summed E-state index contributed by atoms with van der Waals surface area (Å²) in [4.78, 5) is 25.7. The molecule has 2 N–H and O–H groups in total. The molecule has 0 aromatic heterocycles. The number of carboxylic acid groups (broad SMARTS) is 1. The van der Waals surface area contributed by atoms with Gasteiger partial charge in [-0.15, -0.1) is 11.8 Å². The van der Waals surface area contributed by atoms with E-state index in [4.69, 9.17) is 5.11 Å². The van der Waals surface area contributed by atoms with Gasteiger partial charge in [0, 0.05) is 22.7 Å². The standard InChI is InChI=1S/C15H22N2O3S/c1-15(2,3)17(9-8-13(18)19)14(20)16-11-6-5-7-12(10-11)21-4/h5-7,10H,8-9H2,1-4H3,(H,16,20)(H,18,19). The van der Waals surface area contributed by atoms with Crippen LogP contribution in [0.4, 0.5) is 10.5 Å². The molecular weight excluding hydrogens is 288 g/mol. The fraction of sp³-hybridized carbons (Fsp3) is 0.467. The molecule has 0 aliphatic heterocycles. The molecule has 2 amide bonds. The molecule has 116 valence electrons. The Hall–Kier alpha value is -1.69. The van der Waals surface area contributed by atoms with Crippen LogP contribution >= 0.6 is 11.8 Å². The maximum atomic E-state index is 12.4. The highest BCUT2D eigenvalue weighted by Crippen LogP contribution is 2.21. The average molecular weight is 310 g/mol. The molecule has 0 fully saturated rings. The molecule has 1 aromatic carbocycles. The van der Waals surface area contributed by atoms with Crippen molar-refractivity contribution in [2.45, 2.75) is 37.6 Å². The van der Waals surface area contributed by atoms with E-state index in [1.165, 1.54) is 4.90 Å². The molecule has 0 heterocycles. The second-order valence-electron chi connectivity index (χ2n) is 5.63. The number of amides is 2. The monoisotopic (exact) mass is 310 g/mol. The minimum Gasteiger partial charge on any atom is -0.481 e. The summed E-state index contributed by atoms with van der Waals surface area (Å²) in [6.07, 6.45) is 1.89. The predicted octanol–water partition coefficient (Wildman–Crippen LogP) is 3.52. The smallest absolute Gasteiger partial charge is 0.322 e. The van der Waals surface area contributed by atoms with Crippen molar-refractivity contribution in [3.8, 4) is 0 Å². The zero-order chi connectivity index (χ0) is 16.0. The Kier molecular flexibility index (Phi) is 6.08. The average Bonchev–Trinajstić information content (AvgIpc) is 2.37. The Morgan fingerprint density at radius 1 is 1.33 bits per heavy atom. The van der Waals surface area contributed by atoms with E-state index >= 15 is 0 Å². The van der Waals surface area contributed by atoms with Gasteiger partial charge in [-0.1, -0.05) is 6.07 Å². The number of carbonyl (C=O) groups excluding carboxylic acids is 1. The lowest BCUT2D eigenvalue weighted by Gasteiger charge is -2.35. The van der Waals surface area contributed by atoms with E-state index in [2.05, 4.69) is 5.32 Å². The molecule has 1 rings (SSSR count). The van der Waals surface area contributed by atoms with Gasteiger partial charge in [-0.2, -0.15) is 0 Å². The maximum Gasteiger partial charge on any atom is 0.322 e. The molecule has 6 heteroatoms. The van der Waals surface area contributed by atoms with Crippen LogP contribution in [0.1, 0.15) is 27.2 Å². The molecule has 0 aliphatic carbocycles. The van der Waals surface area contributed by atoms with Crippen molar-refractivity contribution in [1.82, 2.24) is 4.90 Å². The summed E-state index contributed by atoms with van der Waals surface area (Å²) in [5.41, 5.74) is 0.257. The SMILES string of the molecule is CSc1cccc(NC(=O)N(CCC(=O)O)C(C)(C)C)c1. The number of hydrogen-bond donors (Lipinski definition) is 2. The number of hydrogen-bond acceptors (Lipinski definition) is 3. The fourth-order valence-corrected chi connectivity index (χ4v) is 2.30. The van der Waals surface area contributed by atoms with Crippen molar-refractivity contribution in [2.24, 2.45) is 0 Å². The van der Waals surface area contributed by atoms with E-state index in [1.54, 1.807) is 11.8 Å². The van der Waals surface area contributed by atoms with Gasteiger partial charge in [0.25, 0.3) is 0 Å². The van der Waals surface area contributed by atoms with Gasteiger partial charge < -0.3 is 15.3 Å². The van der Waals surface area contributed by atoms with Crippen LogP contribution in [0.2, 0.25) is 0 Å². The predicted molar refractivity (Wildman–Crippen MR) is 86.0 cm³/mol. The third-order valence-electron chi connectivity index (χ3n) is 2.93. The van der Waals surface area contributed by atoms with Crippen LogP contribution in [-0.2, 0) is 4.79 Å². The van der Waals surface area contributed by atoms with Gasteiger partial charge in [-0.25, -0.2) is 4.79 Å². The van der Waals surface area contributed by atoms with Crippen molar-refractivity contribution in [3.05, 3.63) is 24.3 Å². The van der Waals surface area contributed by atoms with Gasteiger partial charge in [-0.3, -0.25) is 4.79 Å². The number of rotatable bonds is 5. The van der Waals surface area contributed by atoms with E-state index < -0.39 is 11.5 Å². The Morgan fingerprint density at radius 3 is 2.52 bits per heavy atom. The summed E-state index contributed by atoms with van der Waals surface area (Å²) < 4.78 is 0. The van der Waals surface area contributed by atoms with Crippen molar-refractivity contribution in [2.75, 3.05) is 18.1 Å². The summed E-state index contributed by atoms with van der Waals surface area (Å²) in [5.74, 6) is -0.915. The van der Waals surface area contributed by atoms with E-state index in [-0.39, 0.29) is 19.0 Å². The normalized spacial score (nSPS) is 11.0. The molecule has 0 saturated carbocycles. The van der Waals surface area contributed by atoms with E-state index in [0.717, 1.165) is 4.90 Å². The molecule has 1 aromatic rings. The van der Waals surface area contributed by atoms with E-state index in [9.17, 15) is 9.59 Å². The number of carbonyl (C=O) groups is 2. The number of urea groups is 1. The van der Waals surface area contributed by atoms with Gasteiger partial charge in [-0.05, 0) is 45.2 Å². The van der Waals surface area contributed by atoms with Crippen LogP contribution in [0.25, 0.3) is 0 Å². The first-order chi connectivity index (χ1) is 9.74. The van der Waals surface area contributed by atoms with Gasteiger partial charge in [0.15, 0.2) is 0 Å². The number of nitrogens with zero attached hydrogens (tertiary/aromatic N) is 1. The molecule has 21 heavy (non-hydrogen) atoms. The number of carboxylic acids is 1. The molecule has 0 aliphatic rings. The summed E-state index contributed by atoms with van der Waals surface area (Å²) in [7, 11) is 0. The first kappa shape index (κ1) is 17.4. The van der Waals surface area contributed by atoms with Crippen LogP contribution in [0, 0.1) is 0 Å². The van der Waals surface area contributed by atoms with Crippen LogP contribution in [0.15, 0.2) is 29.2 Å². The number of thioether (sulfide) groups is 1. The van der Waals surface area contributed by atoms with Crippen molar-refractivity contribution in [1.29, 1.82) is 0 Å². The fourth-order valence-electron chi connectivity index (χ4n) is 1.84. The zero-order valence-electron chi connectivity index (χ0n) is 12.8. The lowest BCUT2D eigenvalue weighted by Crippen LogP contribution is -2.48. The van der Waals surface area contributed by atoms with Gasteiger partial charge in [0.2, 0.25) is 0 Å². The molecule has 0 radical (unpaired) electrons. The molecule has 0 bridgehead atoms. The van der Waals surface area contributed by atoms with Crippen LogP contribution in [-0.4, -0.2) is 40.3 Å². The van der Waals surface area contributed by atoms with Crippen LogP contribution in [0.5, 0.6) is 0 Å². The highest BCUT2D eigenvalue weighted by molar-refractivity contribution is 7.98. The third kappa shape index (κ3) is 5.67. The lowest BCUT2D eigenvalue weighted by atomic mass is 10.1. The molecule has 5 nitrogen and oxygen atoms in total. The zero-order valence-corrected chi connectivity index (χ0v) is 13.7. The van der Waals surface area contributed by atoms with Crippen molar-refractivity contribution < 1.29 is 14.7 Å². The molecule has 0 saturated heterocycles. The Labute approximate surface area is 129 Å². The number of anilines is 1. The van der Waals surface area contributed by atoms with Crippen molar-refractivity contribution >= 4 is 29.4 Å². The lowest BCUT2D eigenvalue weighted by molar-refractivity contribution is -0.137. The Balaban J connectivity index is 2.82. The minimum atomic E-state index is -0.915. The number of benzene rings is 1. The molecule has 0 unspecified atom stereocenters. The Bertz CT molecular complexity index is 512. The summed E-state index contributed by atoms with van der Waals surface area (Å²) in [6, 6.07) is 7.25. The largest absolute Gasteiger partial charge is 0.481 e. The highest BCUT2D eigenvalue weighted by atomic mass is 32.2. The summed E-state index contributed by atoms with van der Waals surface area (Å²) >= 11 is 1.60. The molecular formula is C15H22N2O3S. The van der Waals surface area contributed by atoms with Crippen LogP contribution < -0.4 is 5.32 Å². The first-order valence-electron chi connectivity index (χ1n) is 6.68. The second kappa shape index (κ2) is 7.36. The molecule has 0 spiro atoms.